The average molecular weight is 211 g/mol. The Balaban J connectivity index is 1.86. The van der Waals surface area contributed by atoms with Crippen LogP contribution in [0.5, 0.6) is 0 Å². The van der Waals surface area contributed by atoms with Crippen LogP contribution < -0.4 is 0 Å². The highest BCUT2D eigenvalue weighted by Gasteiger charge is 2.33. The van der Waals surface area contributed by atoms with E-state index in [4.69, 9.17) is 0 Å². The fourth-order valence-corrected chi connectivity index (χ4v) is 2.78. The molecule has 0 saturated carbocycles. The molecule has 1 atom stereocenters. The molecular weight excluding hydrogens is 194 g/mol. The van der Waals surface area contributed by atoms with Crippen molar-refractivity contribution < 1.29 is 5.11 Å². The molecule has 0 radical (unpaired) electrons. The summed E-state index contributed by atoms with van der Waals surface area (Å²) in [5.74, 6) is 0. The molecule has 1 aromatic heterocycles. The average Bonchev–Trinajstić information content (AvgIpc) is 2.73. The molecule has 3 heteroatoms. The summed E-state index contributed by atoms with van der Waals surface area (Å²) in [6.07, 6.45) is 2.84. The van der Waals surface area contributed by atoms with Crippen LogP contribution in [0.1, 0.15) is 17.7 Å². The summed E-state index contributed by atoms with van der Waals surface area (Å²) >= 11 is 1.78. The van der Waals surface area contributed by atoms with Gasteiger partial charge in [0.25, 0.3) is 0 Å². The number of hydrogen-bond donors (Lipinski definition) is 1. The minimum absolute atomic E-state index is 0.432. The van der Waals surface area contributed by atoms with Crippen LogP contribution in [-0.2, 0) is 6.42 Å². The quantitative estimate of drug-likeness (QED) is 0.823. The van der Waals surface area contributed by atoms with Gasteiger partial charge in [-0.3, -0.25) is 0 Å². The van der Waals surface area contributed by atoms with Crippen LogP contribution in [0.4, 0.5) is 0 Å². The van der Waals surface area contributed by atoms with Gasteiger partial charge in [-0.05, 0) is 37.8 Å². The number of thiophene rings is 1. The van der Waals surface area contributed by atoms with Gasteiger partial charge in [0.1, 0.15) is 0 Å². The van der Waals surface area contributed by atoms with Gasteiger partial charge in [-0.25, -0.2) is 0 Å². The van der Waals surface area contributed by atoms with E-state index in [9.17, 15) is 5.11 Å². The van der Waals surface area contributed by atoms with Gasteiger partial charge in [-0.2, -0.15) is 0 Å². The second-order valence-electron chi connectivity index (χ2n) is 4.29. The van der Waals surface area contributed by atoms with Crippen LogP contribution in [-0.4, -0.2) is 35.7 Å². The number of nitrogens with zero attached hydrogens (tertiary/aromatic N) is 1. The molecule has 1 aromatic rings. The largest absolute Gasteiger partial charge is 0.388 e. The summed E-state index contributed by atoms with van der Waals surface area (Å²) in [6, 6.07) is 4.22. The molecule has 1 unspecified atom stereocenters. The van der Waals surface area contributed by atoms with Gasteiger partial charge < -0.3 is 10.0 Å². The first-order chi connectivity index (χ1) is 6.68. The van der Waals surface area contributed by atoms with Crippen molar-refractivity contribution >= 4 is 11.3 Å². The molecule has 1 fully saturated rings. The van der Waals surface area contributed by atoms with Crippen molar-refractivity contribution in [3.8, 4) is 0 Å². The predicted molar refractivity (Wildman–Crippen MR) is 59.7 cm³/mol. The number of rotatable bonds is 3. The molecular formula is C11H17NOS. The van der Waals surface area contributed by atoms with E-state index < -0.39 is 5.60 Å². The van der Waals surface area contributed by atoms with E-state index in [2.05, 4.69) is 29.5 Å². The standard InChI is InChI=1S/C11H17NOS/c1-12-7-6-11(13,9-12)5-4-10-3-2-8-14-10/h2-3,8,13H,4-7,9H2,1H3. The molecule has 0 bridgehead atoms. The Hall–Kier alpha value is -0.380. The Kier molecular flexibility index (Phi) is 2.91. The Labute approximate surface area is 89.2 Å². The van der Waals surface area contributed by atoms with Crippen LogP contribution >= 0.6 is 11.3 Å². The van der Waals surface area contributed by atoms with Crippen molar-refractivity contribution in [1.29, 1.82) is 0 Å². The lowest BCUT2D eigenvalue weighted by atomic mass is 9.96. The third-order valence-corrected chi connectivity index (χ3v) is 3.88. The molecule has 1 saturated heterocycles. The number of β-amino-alcohol motifs (C(OH)–C–C–N with tert-alkyl or cyclic N) is 1. The lowest BCUT2D eigenvalue weighted by Crippen LogP contribution is -2.32. The topological polar surface area (TPSA) is 23.5 Å². The Bertz CT molecular complexity index is 285. The minimum Gasteiger partial charge on any atom is -0.388 e. The highest BCUT2D eigenvalue weighted by molar-refractivity contribution is 7.09. The summed E-state index contributed by atoms with van der Waals surface area (Å²) in [7, 11) is 2.07. The summed E-state index contributed by atoms with van der Waals surface area (Å²) in [5, 5.41) is 12.3. The molecule has 2 rings (SSSR count). The smallest absolute Gasteiger partial charge is 0.0789 e. The van der Waals surface area contributed by atoms with E-state index >= 15 is 0 Å². The Morgan fingerprint density at radius 3 is 3.07 bits per heavy atom. The molecule has 0 aromatic carbocycles. The van der Waals surface area contributed by atoms with E-state index in [0.29, 0.717) is 0 Å². The van der Waals surface area contributed by atoms with E-state index in [1.807, 2.05) is 0 Å². The first-order valence-corrected chi connectivity index (χ1v) is 5.99. The van der Waals surface area contributed by atoms with Crippen LogP contribution in [0.2, 0.25) is 0 Å². The van der Waals surface area contributed by atoms with Crippen molar-refractivity contribution in [1.82, 2.24) is 4.90 Å². The van der Waals surface area contributed by atoms with Crippen molar-refractivity contribution in [2.45, 2.75) is 24.9 Å². The first-order valence-electron chi connectivity index (χ1n) is 5.11. The molecule has 2 heterocycles. The monoisotopic (exact) mass is 211 g/mol. The van der Waals surface area contributed by atoms with E-state index in [1.165, 1.54) is 4.88 Å². The molecule has 14 heavy (non-hydrogen) atoms. The van der Waals surface area contributed by atoms with Crippen LogP contribution in [0, 0.1) is 0 Å². The molecule has 1 aliphatic heterocycles. The zero-order chi connectivity index (χ0) is 10.0. The number of aliphatic hydroxyl groups is 1. The van der Waals surface area contributed by atoms with Crippen molar-refractivity contribution in [3.63, 3.8) is 0 Å². The van der Waals surface area contributed by atoms with Gasteiger partial charge in [0.05, 0.1) is 5.60 Å². The fourth-order valence-electron chi connectivity index (χ4n) is 2.07. The normalized spacial score (nSPS) is 28.4. The molecule has 1 aliphatic rings. The summed E-state index contributed by atoms with van der Waals surface area (Å²) in [6.45, 7) is 1.86. The van der Waals surface area contributed by atoms with Crippen LogP contribution in [0.25, 0.3) is 0 Å². The van der Waals surface area contributed by atoms with Crippen LogP contribution in [0.15, 0.2) is 17.5 Å². The van der Waals surface area contributed by atoms with Gasteiger partial charge in [-0.15, -0.1) is 11.3 Å². The lowest BCUT2D eigenvalue weighted by Gasteiger charge is -2.21. The summed E-state index contributed by atoms with van der Waals surface area (Å²) in [4.78, 5) is 3.59. The lowest BCUT2D eigenvalue weighted by molar-refractivity contribution is 0.0436. The highest BCUT2D eigenvalue weighted by Crippen LogP contribution is 2.26. The maximum absolute atomic E-state index is 10.2. The molecule has 2 nitrogen and oxygen atoms in total. The maximum Gasteiger partial charge on any atom is 0.0789 e. The van der Waals surface area contributed by atoms with Crippen LogP contribution in [0.3, 0.4) is 0 Å². The second-order valence-corrected chi connectivity index (χ2v) is 5.32. The molecule has 1 N–H and O–H groups in total. The molecule has 0 aliphatic carbocycles. The summed E-state index contributed by atoms with van der Waals surface area (Å²) < 4.78 is 0. The van der Waals surface area contributed by atoms with Gasteiger partial charge in [0, 0.05) is 18.0 Å². The zero-order valence-corrected chi connectivity index (χ0v) is 9.39. The predicted octanol–water partition coefficient (Wildman–Crippen LogP) is 1.75. The number of aryl methyl sites for hydroxylation is 1. The Morgan fingerprint density at radius 1 is 1.64 bits per heavy atom. The SMILES string of the molecule is CN1CCC(O)(CCc2cccs2)C1. The Morgan fingerprint density at radius 2 is 2.50 bits per heavy atom. The minimum atomic E-state index is -0.432. The number of likely N-dealkylation sites (tertiary alicyclic amines) is 1. The highest BCUT2D eigenvalue weighted by atomic mass is 32.1. The fraction of sp³-hybridized carbons (Fsp3) is 0.636. The van der Waals surface area contributed by atoms with E-state index in [1.54, 1.807) is 11.3 Å². The van der Waals surface area contributed by atoms with E-state index in [-0.39, 0.29) is 0 Å². The van der Waals surface area contributed by atoms with Gasteiger partial charge >= 0.3 is 0 Å². The van der Waals surface area contributed by atoms with Crippen molar-refractivity contribution in [2.75, 3.05) is 20.1 Å². The number of hydrogen-bond acceptors (Lipinski definition) is 3. The first kappa shape index (κ1) is 10.1. The number of likely N-dealkylation sites (N-methyl/N-ethyl adjacent to an activating group) is 1. The van der Waals surface area contributed by atoms with Crippen molar-refractivity contribution in [2.24, 2.45) is 0 Å². The second kappa shape index (κ2) is 4.01. The third kappa shape index (κ3) is 2.35. The van der Waals surface area contributed by atoms with Gasteiger partial charge in [0.15, 0.2) is 0 Å². The van der Waals surface area contributed by atoms with Crippen molar-refractivity contribution in [3.05, 3.63) is 22.4 Å². The maximum atomic E-state index is 10.2. The zero-order valence-electron chi connectivity index (χ0n) is 8.57. The summed E-state index contributed by atoms with van der Waals surface area (Å²) in [5.41, 5.74) is -0.432. The van der Waals surface area contributed by atoms with Gasteiger partial charge in [0.2, 0.25) is 0 Å². The molecule has 0 amide bonds. The molecule has 78 valence electrons. The third-order valence-electron chi connectivity index (χ3n) is 2.94. The van der Waals surface area contributed by atoms with E-state index in [0.717, 1.165) is 32.4 Å². The molecule has 0 spiro atoms. The van der Waals surface area contributed by atoms with Gasteiger partial charge in [-0.1, -0.05) is 6.07 Å².